The number of thioether (sulfide) groups is 1. The van der Waals surface area contributed by atoms with Gasteiger partial charge in [-0.1, -0.05) is 15.9 Å². The molecule has 0 bridgehead atoms. The van der Waals surface area contributed by atoms with Gasteiger partial charge in [0.1, 0.15) is 5.76 Å². The first-order valence-corrected chi connectivity index (χ1v) is 7.39. The lowest BCUT2D eigenvalue weighted by Crippen LogP contribution is -2.03. The van der Waals surface area contributed by atoms with Crippen molar-refractivity contribution in [2.24, 2.45) is 0 Å². The highest BCUT2D eigenvalue weighted by Crippen LogP contribution is 2.15. The molecule has 0 aliphatic rings. The van der Waals surface area contributed by atoms with E-state index in [9.17, 15) is 0 Å². The van der Waals surface area contributed by atoms with Gasteiger partial charge in [-0.25, -0.2) is 0 Å². The van der Waals surface area contributed by atoms with Crippen LogP contribution in [0.4, 0.5) is 5.69 Å². The van der Waals surface area contributed by atoms with Gasteiger partial charge in [0, 0.05) is 22.5 Å². The molecule has 0 atom stereocenters. The van der Waals surface area contributed by atoms with Crippen LogP contribution in [0.25, 0.3) is 0 Å². The minimum Gasteiger partial charge on any atom is -0.468 e. The summed E-state index contributed by atoms with van der Waals surface area (Å²) in [5.41, 5.74) is 1.16. The van der Waals surface area contributed by atoms with Gasteiger partial charge in [-0.3, -0.25) is 0 Å². The van der Waals surface area contributed by atoms with E-state index in [1.807, 2.05) is 36.0 Å². The highest BCUT2D eigenvalue weighted by molar-refractivity contribution is 9.10. The molecule has 0 unspecified atom stereocenters. The lowest BCUT2D eigenvalue weighted by molar-refractivity contribution is 0.530. The van der Waals surface area contributed by atoms with Crippen LogP contribution in [0.15, 0.2) is 51.6 Å². The van der Waals surface area contributed by atoms with Crippen LogP contribution < -0.4 is 5.32 Å². The Hall–Kier alpha value is -0.870. The molecule has 1 heterocycles. The summed E-state index contributed by atoms with van der Waals surface area (Å²) in [4.78, 5) is 0. The predicted octanol–water partition coefficient (Wildman–Crippen LogP) is 4.39. The van der Waals surface area contributed by atoms with Crippen molar-refractivity contribution in [1.29, 1.82) is 0 Å². The Kier molecular flexibility index (Phi) is 5.01. The number of anilines is 1. The van der Waals surface area contributed by atoms with Crippen LogP contribution in [0.5, 0.6) is 0 Å². The SMILES string of the molecule is Brc1ccc(NCCSCc2ccco2)cc1. The summed E-state index contributed by atoms with van der Waals surface area (Å²) in [6, 6.07) is 12.2. The van der Waals surface area contributed by atoms with Gasteiger partial charge in [0.25, 0.3) is 0 Å². The highest BCUT2D eigenvalue weighted by Gasteiger charge is 1.96. The number of hydrogen-bond acceptors (Lipinski definition) is 3. The number of rotatable bonds is 6. The summed E-state index contributed by atoms with van der Waals surface area (Å²) in [7, 11) is 0. The standard InChI is InChI=1S/C13H14BrNOS/c14-11-3-5-12(6-4-11)15-7-9-17-10-13-2-1-8-16-13/h1-6,8,15H,7,9-10H2. The average molecular weight is 312 g/mol. The summed E-state index contributed by atoms with van der Waals surface area (Å²) in [5.74, 6) is 3.05. The van der Waals surface area contributed by atoms with E-state index >= 15 is 0 Å². The van der Waals surface area contributed by atoms with E-state index in [1.54, 1.807) is 6.26 Å². The van der Waals surface area contributed by atoms with E-state index in [4.69, 9.17) is 4.42 Å². The molecule has 0 saturated heterocycles. The summed E-state index contributed by atoms with van der Waals surface area (Å²) < 4.78 is 6.37. The van der Waals surface area contributed by atoms with Crippen molar-refractivity contribution in [3.05, 3.63) is 52.9 Å². The maximum atomic E-state index is 5.27. The number of nitrogens with one attached hydrogen (secondary N) is 1. The van der Waals surface area contributed by atoms with Crippen molar-refractivity contribution in [2.45, 2.75) is 5.75 Å². The summed E-state index contributed by atoms with van der Waals surface area (Å²) in [6.45, 7) is 0.965. The quantitative estimate of drug-likeness (QED) is 0.801. The second kappa shape index (κ2) is 6.77. The summed E-state index contributed by atoms with van der Waals surface area (Å²) in [5, 5.41) is 3.38. The summed E-state index contributed by atoms with van der Waals surface area (Å²) >= 11 is 5.29. The number of benzene rings is 1. The lowest BCUT2D eigenvalue weighted by atomic mass is 10.3. The number of furan rings is 1. The predicted molar refractivity (Wildman–Crippen MR) is 77.5 cm³/mol. The van der Waals surface area contributed by atoms with E-state index in [0.717, 1.165) is 34.0 Å². The van der Waals surface area contributed by atoms with Gasteiger partial charge in [-0.2, -0.15) is 11.8 Å². The largest absolute Gasteiger partial charge is 0.468 e. The fraction of sp³-hybridized carbons (Fsp3) is 0.231. The normalized spacial score (nSPS) is 10.4. The molecular formula is C13H14BrNOS. The molecule has 0 fully saturated rings. The van der Waals surface area contributed by atoms with Crippen molar-refractivity contribution in [3.63, 3.8) is 0 Å². The van der Waals surface area contributed by atoms with Gasteiger partial charge in [0.2, 0.25) is 0 Å². The molecule has 0 amide bonds. The van der Waals surface area contributed by atoms with Crippen LogP contribution in [0.3, 0.4) is 0 Å². The van der Waals surface area contributed by atoms with Crippen LogP contribution in [-0.2, 0) is 5.75 Å². The topological polar surface area (TPSA) is 25.2 Å². The Morgan fingerprint density at radius 2 is 2.00 bits per heavy atom. The zero-order valence-corrected chi connectivity index (χ0v) is 11.8. The van der Waals surface area contributed by atoms with Gasteiger partial charge in [-0.05, 0) is 36.4 Å². The lowest BCUT2D eigenvalue weighted by Gasteiger charge is -2.05. The second-order valence-corrected chi connectivity index (χ2v) is 5.59. The Morgan fingerprint density at radius 3 is 2.71 bits per heavy atom. The first kappa shape index (κ1) is 12.6. The minimum atomic E-state index is 0.940. The Balaban J connectivity index is 1.61. The third kappa shape index (κ3) is 4.48. The minimum absolute atomic E-state index is 0.940. The van der Waals surface area contributed by atoms with Crippen molar-refractivity contribution in [1.82, 2.24) is 0 Å². The third-order valence-corrected chi connectivity index (χ3v) is 3.75. The number of hydrogen-bond donors (Lipinski definition) is 1. The molecule has 0 aliphatic heterocycles. The van der Waals surface area contributed by atoms with E-state index in [2.05, 4.69) is 33.4 Å². The molecule has 90 valence electrons. The smallest absolute Gasteiger partial charge is 0.113 e. The van der Waals surface area contributed by atoms with E-state index in [0.29, 0.717) is 0 Å². The molecule has 1 N–H and O–H groups in total. The molecule has 1 aromatic carbocycles. The Bertz CT molecular complexity index is 427. The molecule has 1 aromatic heterocycles. The van der Waals surface area contributed by atoms with Crippen LogP contribution in [0, 0.1) is 0 Å². The monoisotopic (exact) mass is 311 g/mol. The van der Waals surface area contributed by atoms with Crippen molar-refractivity contribution < 1.29 is 4.42 Å². The Morgan fingerprint density at radius 1 is 1.18 bits per heavy atom. The molecule has 2 nitrogen and oxygen atoms in total. The van der Waals surface area contributed by atoms with E-state index < -0.39 is 0 Å². The maximum Gasteiger partial charge on any atom is 0.113 e. The molecule has 17 heavy (non-hydrogen) atoms. The van der Waals surface area contributed by atoms with E-state index in [1.165, 1.54) is 0 Å². The van der Waals surface area contributed by atoms with Crippen LogP contribution >= 0.6 is 27.7 Å². The summed E-state index contributed by atoms with van der Waals surface area (Å²) in [6.07, 6.45) is 1.72. The molecule has 4 heteroatoms. The van der Waals surface area contributed by atoms with Gasteiger partial charge < -0.3 is 9.73 Å². The van der Waals surface area contributed by atoms with Crippen LogP contribution in [-0.4, -0.2) is 12.3 Å². The second-order valence-electron chi connectivity index (χ2n) is 3.57. The van der Waals surface area contributed by atoms with Crippen molar-refractivity contribution in [3.8, 4) is 0 Å². The fourth-order valence-electron chi connectivity index (χ4n) is 1.40. The zero-order valence-electron chi connectivity index (χ0n) is 9.36. The third-order valence-electron chi connectivity index (χ3n) is 2.24. The van der Waals surface area contributed by atoms with Crippen molar-refractivity contribution >= 4 is 33.4 Å². The highest BCUT2D eigenvalue weighted by atomic mass is 79.9. The van der Waals surface area contributed by atoms with Gasteiger partial charge in [0.05, 0.1) is 12.0 Å². The molecule has 0 saturated carbocycles. The van der Waals surface area contributed by atoms with Gasteiger partial charge >= 0.3 is 0 Å². The number of halogens is 1. The average Bonchev–Trinajstić information content (AvgIpc) is 2.84. The van der Waals surface area contributed by atoms with Crippen LogP contribution in [0.1, 0.15) is 5.76 Å². The van der Waals surface area contributed by atoms with Crippen molar-refractivity contribution in [2.75, 3.05) is 17.6 Å². The fourth-order valence-corrected chi connectivity index (χ4v) is 2.42. The molecule has 0 spiro atoms. The van der Waals surface area contributed by atoms with Gasteiger partial charge in [-0.15, -0.1) is 0 Å². The molecular weight excluding hydrogens is 298 g/mol. The maximum absolute atomic E-state index is 5.27. The van der Waals surface area contributed by atoms with Crippen LogP contribution in [0.2, 0.25) is 0 Å². The first-order valence-electron chi connectivity index (χ1n) is 5.44. The molecule has 2 aromatic rings. The zero-order chi connectivity index (χ0) is 11.9. The molecule has 0 aliphatic carbocycles. The van der Waals surface area contributed by atoms with E-state index in [-0.39, 0.29) is 0 Å². The molecule has 2 rings (SSSR count). The first-order chi connectivity index (χ1) is 8.34. The molecule has 0 radical (unpaired) electrons. The Labute approximate surface area is 114 Å². The van der Waals surface area contributed by atoms with Gasteiger partial charge in [0.15, 0.2) is 0 Å².